The number of hydrogen-bond acceptors (Lipinski definition) is 3. The van der Waals surface area contributed by atoms with Crippen LogP contribution in [0.3, 0.4) is 0 Å². The molecule has 0 bridgehead atoms. The third-order valence-corrected chi connectivity index (χ3v) is 5.40. The zero-order valence-corrected chi connectivity index (χ0v) is 15.0. The van der Waals surface area contributed by atoms with E-state index in [4.69, 9.17) is 9.15 Å². The molecule has 0 aliphatic heterocycles. The fourth-order valence-corrected chi connectivity index (χ4v) is 3.23. The molecule has 24 heavy (non-hydrogen) atoms. The minimum absolute atomic E-state index is 0.213. The number of furan rings is 1. The van der Waals surface area contributed by atoms with Crippen molar-refractivity contribution in [2.45, 2.75) is 46.0 Å². The summed E-state index contributed by atoms with van der Waals surface area (Å²) in [5, 5.41) is 0. The lowest BCUT2D eigenvalue weighted by atomic mass is 9.69. The lowest BCUT2D eigenvalue weighted by Gasteiger charge is -2.36. The normalized spacial score (nSPS) is 28.7. The van der Waals surface area contributed by atoms with E-state index in [-0.39, 0.29) is 11.4 Å². The molecule has 0 fully saturated rings. The minimum Gasteiger partial charge on any atom is -0.472 e. The van der Waals surface area contributed by atoms with Crippen molar-refractivity contribution in [2.75, 3.05) is 7.11 Å². The maximum atomic E-state index is 11.9. The second-order valence-electron chi connectivity index (χ2n) is 7.03. The zero-order valence-electron chi connectivity index (χ0n) is 15.0. The average Bonchev–Trinajstić information content (AvgIpc) is 3.10. The van der Waals surface area contributed by atoms with Crippen molar-refractivity contribution in [1.29, 1.82) is 0 Å². The van der Waals surface area contributed by atoms with Crippen molar-refractivity contribution in [1.82, 2.24) is 0 Å². The van der Waals surface area contributed by atoms with Crippen LogP contribution in [-0.4, -0.2) is 13.1 Å². The van der Waals surface area contributed by atoms with Gasteiger partial charge < -0.3 is 9.15 Å². The predicted octanol–water partition coefficient (Wildman–Crippen LogP) is 5.25. The smallest absolute Gasteiger partial charge is 0.338 e. The van der Waals surface area contributed by atoms with Crippen molar-refractivity contribution >= 4 is 5.97 Å². The first-order valence-electron chi connectivity index (χ1n) is 8.60. The number of rotatable bonds is 4. The molecule has 3 heteroatoms. The molecule has 1 heterocycles. The van der Waals surface area contributed by atoms with Gasteiger partial charge >= 0.3 is 5.97 Å². The van der Waals surface area contributed by atoms with E-state index < -0.39 is 0 Å². The number of allylic oxidation sites excluding steroid dienone is 3. The highest BCUT2D eigenvalue weighted by molar-refractivity contribution is 5.93. The van der Waals surface area contributed by atoms with Crippen LogP contribution < -0.4 is 0 Å². The van der Waals surface area contributed by atoms with Gasteiger partial charge in [0, 0.05) is 0 Å². The first kappa shape index (κ1) is 18.3. The molecule has 0 saturated carbocycles. The van der Waals surface area contributed by atoms with Gasteiger partial charge in [-0.3, -0.25) is 0 Å². The number of aryl methyl sites for hydroxylation is 1. The van der Waals surface area contributed by atoms with E-state index >= 15 is 0 Å². The first-order valence-corrected chi connectivity index (χ1v) is 8.60. The van der Waals surface area contributed by atoms with E-state index in [0.717, 1.165) is 37.7 Å². The molecule has 1 aliphatic rings. The van der Waals surface area contributed by atoms with Gasteiger partial charge in [-0.25, -0.2) is 4.79 Å². The molecule has 2 rings (SSSR count). The van der Waals surface area contributed by atoms with Gasteiger partial charge in [0.25, 0.3) is 0 Å². The van der Waals surface area contributed by atoms with Crippen LogP contribution in [0.25, 0.3) is 0 Å². The third-order valence-electron chi connectivity index (χ3n) is 5.40. The fourth-order valence-electron chi connectivity index (χ4n) is 3.23. The number of ether oxygens (including phenoxy) is 1. The van der Waals surface area contributed by atoms with E-state index in [9.17, 15) is 4.79 Å². The van der Waals surface area contributed by atoms with E-state index in [2.05, 4.69) is 26.5 Å². The van der Waals surface area contributed by atoms with Crippen molar-refractivity contribution in [3.63, 3.8) is 0 Å². The Morgan fingerprint density at radius 3 is 2.96 bits per heavy atom. The van der Waals surface area contributed by atoms with Crippen molar-refractivity contribution in [3.8, 4) is 0 Å². The van der Waals surface area contributed by atoms with Crippen LogP contribution in [0, 0.1) is 11.3 Å². The topological polar surface area (TPSA) is 39.4 Å². The van der Waals surface area contributed by atoms with Crippen molar-refractivity contribution in [3.05, 3.63) is 60.1 Å². The molecule has 1 aromatic rings. The summed E-state index contributed by atoms with van der Waals surface area (Å²) in [7, 11) is 1.41. The Hall–Kier alpha value is -2.03. The third kappa shape index (κ3) is 4.50. The highest BCUT2D eigenvalue weighted by Crippen LogP contribution is 2.40. The molecular weight excluding hydrogens is 300 g/mol. The molecule has 3 nitrogen and oxygen atoms in total. The minimum atomic E-state index is -0.305. The Bertz CT molecular complexity index is 622. The van der Waals surface area contributed by atoms with E-state index in [1.807, 2.05) is 24.5 Å². The lowest BCUT2D eigenvalue weighted by molar-refractivity contribution is -0.135. The Balaban J connectivity index is 2.14. The molecule has 2 atom stereocenters. The number of esters is 1. The zero-order chi connectivity index (χ0) is 17.6. The summed E-state index contributed by atoms with van der Waals surface area (Å²) < 4.78 is 10.0. The van der Waals surface area contributed by atoms with Crippen LogP contribution in [0.1, 0.15) is 45.1 Å². The summed E-state index contributed by atoms with van der Waals surface area (Å²) in [4.78, 5) is 11.9. The van der Waals surface area contributed by atoms with Gasteiger partial charge in [0.1, 0.15) is 0 Å². The average molecular weight is 328 g/mol. The molecular formula is C21H28O3. The van der Waals surface area contributed by atoms with Gasteiger partial charge in [-0.2, -0.15) is 0 Å². The van der Waals surface area contributed by atoms with Gasteiger partial charge in [0.15, 0.2) is 0 Å². The van der Waals surface area contributed by atoms with Gasteiger partial charge in [0.2, 0.25) is 0 Å². The molecule has 0 aromatic carbocycles. The first-order chi connectivity index (χ1) is 11.5. The lowest BCUT2D eigenvalue weighted by Crippen LogP contribution is -2.26. The molecule has 1 aliphatic carbocycles. The van der Waals surface area contributed by atoms with Crippen LogP contribution in [0.4, 0.5) is 0 Å². The number of carbonyl (C=O) groups excluding carboxylic acids is 1. The standard InChI is InChI=1S/C21H28O3/c1-16-8-9-17(2)21(3,13-10-18-11-14-24-15-18)12-6-5-7-19(16)20(22)23-4/h5-7,11,14-15,17H,1,8-10,12-13H2,2-4H3/b6-5-,19-7+/t17-,21+/m1/s1. The highest BCUT2D eigenvalue weighted by atomic mass is 16.5. The van der Waals surface area contributed by atoms with Gasteiger partial charge in [-0.15, -0.1) is 0 Å². The van der Waals surface area contributed by atoms with E-state index in [1.165, 1.54) is 12.7 Å². The predicted molar refractivity (Wildman–Crippen MR) is 96.5 cm³/mol. The van der Waals surface area contributed by atoms with Gasteiger partial charge in [-0.1, -0.05) is 32.6 Å². The van der Waals surface area contributed by atoms with Crippen molar-refractivity contribution in [2.24, 2.45) is 11.3 Å². The second-order valence-corrected chi connectivity index (χ2v) is 7.03. The second kappa shape index (κ2) is 8.18. The number of hydrogen-bond donors (Lipinski definition) is 0. The Morgan fingerprint density at radius 2 is 2.29 bits per heavy atom. The Labute approximate surface area is 145 Å². The van der Waals surface area contributed by atoms with Crippen LogP contribution in [-0.2, 0) is 16.0 Å². The fraction of sp³-hybridized carbons (Fsp3) is 0.476. The summed E-state index contributed by atoms with van der Waals surface area (Å²) in [6.07, 6.45) is 14.5. The quantitative estimate of drug-likeness (QED) is 0.709. The van der Waals surface area contributed by atoms with E-state index in [1.54, 1.807) is 6.26 Å². The van der Waals surface area contributed by atoms with E-state index in [0.29, 0.717) is 11.5 Å². The Morgan fingerprint density at radius 1 is 1.50 bits per heavy atom. The summed E-state index contributed by atoms with van der Waals surface area (Å²) >= 11 is 0. The summed E-state index contributed by atoms with van der Waals surface area (Å²) in [6.45, 7) is 8.76. The van der Waals surface area contributed by atoms with Crippen LogP contribution in [0.2, 0.25) is 0 Å². The van der Waals surface area contributed by atoms with Crippen LogP contribution in [0.5, 0.6) is 0 Å². The monoisotopic (exact) mass is 328 g/mol. The van der Waals surface area contributed by atoms with Gasteiger partial charge in [-0.05, 0) is 66.7 Å². The maximum Gasteiger partial charge on any atom is 0.338 e. The molecule has 0 unspecified atom stereocenters. The highest BCUT2D eigenvalue weighted by Gasteiger charge is 2.30. The molecule has 0 amide bonds. The van der Waals surface area contributed by atoms with Gasteiger partial charge in [0.05, 0.1) is 25.2 Å². The number of methoxy groups -OCH3 is 1. The molecule has 0 radical (unpaired) electrons. The summed E-state index contributed by atoms with van der Waals surface area (Å²) in [5.41, 5.74) is 2.91. The summed E-state index contributed by atoms with van der Waals surface area (Å²) in [5.74, 6) is 0.225. The SMILES string of the molecule is C=C1CC[C@@H](C)[C@](C)(CCc2ccoc2)C/C=C\C=C/1C(=O)OC. The van der Waals surface area contributed by atoms with Crippen LogP contribution in [0.15, 0.2) is 59.0 Å². The molecule has 0 spiro atoms. The Kier molecular flexibility index (Phi) is 6.24. The molecule has 1 aromatic heterocycles. The number of carbonyl (C=O) groups is 1. The molecule has 0 saturated heterocycles. The maximum absolute atomic E-state index is 11.9. The largest absolute Gasteiger partial charge is 0.472 e. The molecule has 0 N–H and O–H groups in total. The van der Waals surface area contributed by atoms with Crippen LogP contribution >= 0.6 is 0 Å². The molecule has 130 valence electrons. The van der Waals surface area contributed by atoms with Crippen molar-refractivity contribution < 1.29 is 13.9 Å². The summed E-state index contributed by atoms with van der Waals surface area (Å²) in [6, 6.07) is 2.04.